The van der Waals surface area contributed by atoms with Crippen LogP contribution in [-0.4, -0.2) is 44.9 Å². The molecule has 202 valence electrons. The van der Waals surface area contributed by atoms with E-state index in [1.807, 2.05) is 0 Å². The number of aliphatic hydroxyl groups is 1. The second kappa shape index (κ2) is 9.64. The maximum atomic E-state index is 14.6. The van der Waals surface area contributed by atoms with E-state index in [0.29, 0.717) is 16.8 Å². The SMILES string of the molecule is NC(=O)C1Cc2c(c(-c3cccc(OC(F)F)c3)nn2-c2ccc(F)cn2)C([C@@]2(CO)CCC(F)(F)C2)C1. The highest BCUT2D eigenvalue weighted by molar-refractivity contribution is 5.78. The highest BCUT2D eigenvalue weighted by atomic mass is 19.3. The van der Waals surface area contributed by atoms with Gasteiger partial charge < -0.3 is 15.6 Å². The summed E-state index contributed by atoms with van der Waals surface area (Å²) in [5.74, 6) is -5.67. The van der Waals surface area contributed by atoms with E-state index in [4.69, 9.17) is 5.73 Å². The summed E-state index contributed by atoms with van der Waals surface area (Å²) in [4.78, 5) is 16.5. The molecule has 2 aliphatic carbocycles. The number of aliphatic hydroxyl groups excluding tert-OH is 1. The highest BCUT2D eigenvalue weighted by Gasteiger charge is 2.56. The Bertz CT molecular complexity index is 1350. The van der Waals surface area contributed by atoms with Crippen LogP contribution in [0.25, 0.3) is 17.1 Å². The fourth-order valence-corrected chi connectivity index (χ4v) is 5.90. The average Bonchev–Trinajstić information content (AvgIpc) is 3.41. The van der Waals surface area contributed by atoms with Crippen LogP contribution >= 0.6 is 0 Å². The van der Waals surface area contributed by atoms with Gasteiger partial charge in [0.1, 0.15) is 11.6 Å². The summed E-state index contributed by atoms with van der Waals surface area (Å²) in [6, 6.07) is 8.33. The van der Waals surface area contributed by atoms with Crippen molar-refractivity contribution < 1.29 is 36.6 Å². The third-order valence-corrected chi connectivity index (χ3v) is 7.65. The maximum absolute atomic E-state index is 14.6. The van der Waals surface area contributed by atoms with Gasteiger partial charge in [-0.3, -0.25) is 4.79 Å². The van der Waals surface area contributed by atoms with Crippen molar-refractivity contribution in [2.75, 3.05) is 6.61 Å². The molecule has 7 nitrogen and oxygen atoms in total. The number of pyridine rings is 1. The van der Waals surface area contributed by atoms with Gasteiger partial charge in [0.05, 0.1) is 17.6 Å². The monoisotopic (exact) mass is 536 g/mol. The molecule has 1 amide bonds. The van der Waals surface area contributed by atoms with Crippen molar-refractivity contribution in [1.82, 2.24) is 14.8 Å². The van der Waals surface area contributed by atoms with Gasteiger partial charge in [0, 0.05) is 48.3 Å². The number of hydrogen-bond acceptors (Lipinski definition) is 5. The Kier molecular flexibility index (Phi) is 6.62. The van der Waals surface area contributed by atoms with Crippen LogP contribution in [0.1, 0.15) is 42.9 Å². The van der Waals surface area contributed by atoms with Gasteiger partial charge >= 0.3 is 6.61 Å². The fourth-order valence-electron chi connectivity index (χ4n) is 5.90. The molecule has 5 rings (SSSR count). The van der Waals surface area contributed by atoms with Crippen LogP contribution in [0.2, 0.25) is 0 Å². The summed E-state index contributed by atoms with van der Waals surface area (Å²) in [5, 5.41) is 15.1. The van der Waals surface area contributed by atoms with Gasteiger partial charge in [-0.2, -0.15) is 13.9 Å². The third kappa shape index (κ3) is 4.72. The summed E-state index contributed by atoms with van der Waals surface area (Å²) in [7, 11) is 0. The lowest BCUT2D eigenvalue weighted by molar-refractivity contribution is -0.122. The molecular weight excluding hydrogens is 511 g/mol. The molecule has 3 atom stereocenters. The maximum Gasteiger partial charge on any atom is 0.387 e. The van der Waals surface area contributed by atoms with E-state index >= 15 is 0 Å². The number of primary amides is 1. The number of hydrogen-bond donors (Lipinski definition) is 2. The van der Waals surface area contributed by atoms with Gasteiger partial charge in [-0.25, -0.2) is 22.8 Å². The van der Waals surface area contributed by atoms with Gasteiger partial charge in [0.25, 0.3) is 0 Å². The van der Waals surface area contributed by atoms with Crippen LogP contribution < -0.4 is 10.5 Å². The molecule has 0 radical (unpaired) electrons. The lowest BCUT2D eigenvalue weighted by Gasteiger charge is -2.41. The van der Waals surface area contributed by atoms with Gasteiger partial charge in [-0.1, -0.05) is 12.1 Å². The molecule has 0 saturated heterocycles. The predicted molar refractivity (Wildman–Crippen MR) is 125 cm³/mol. The smallest absolute Gasteiger partial charge is 0.387 e. The van der Waals surface area contributed by atoms with Crippen LogP contribution in [0.4, 0.5) is 22.0 Å². The molecule has 1 aromatic carbocycles. The topological polar surface area (TPSA) is 103 Å². The minimum absolute atomic E-state index is 0.0000398. The van der Waals surface area contributed by atoms with E-state index in [0.717, 1.165) is 6.20 Å². The minimum atomic E-state index is -3.07. The zero-order valence-electron chi connectivity index (χ0n) is 20.1. The van der Waals surface area contributed by atoms with Crippen molar-refractivity contribution in [3.63, 3.8) is 0 Å². The number of alkyl halides is 4. The normalized spacial score (nSPS) is 24.4. The zero-order chi connectivity index (χ0) is 27.2. The number of nitrogens with zero attached hydrogens (tertiary/aromatic N) is 3. The van der Waals surface area contributed by atoms with E-state index in [2.05, 4.69) is 14.8 Å². The van der Waals surface area contributed by atoms with E-state index in [9.17, 15) is 31.9 Å². The van der Waals surface area contributed by atoms with Gasteiger partial charge in [-0.15, -0.1) is 0 Å². The first-order valence-corrected chi connectivity index (χ1v) is 12.1. The number of amides is 1. The summed E-state index contributed by atoms with van der Waals surface area (Å²) in [6.07, 6.45) is 0.153. The van der Waals surface area contributed by atoms with Gasteiger partial charge in [0.2, 0.25) is 11.8 Å². The number of aromatic nitrogens is 3. The van der Waals surface area contributed by atoms with Crippen LogP contribution in [0.3, 0.4) is 0 Å². The number of rotatable bonds is 7. The number of halogens is 5. The van der Waals surface area contributed by atoms with Crippen molar-refractivity contribution in [3.8, 4) is 22.8 Å². The first-order valence-electron chi connectivity index (χ1n) is 12.1. The lowest BCUT2D eigenvalue weighted by Crippen LogP contribution is -2.39. The number of benzene rings is 1. The Morgan fingerprint density at radius 1 is 1.24 bits per heavy atom. The van der Waals surface area contributed by atoms with E-state index in [1.54, 1.807) is 6.07 Å². The number of nitrogens with two attached hydrogens (primary N) is 1. The molecule has 1 fully saturated rings. The second-order valence-electron chi connectivity index (χ2n) is 10.0. The summed E-state index contributed by atoms with van der Waals surface area (Å²) in [5.41, 5.74) is 5.99. The molecule has 2 heterocycles. The molecule has 3 N–H and O–H groups in total. The lowest BCUT2D eigenvalue weighted by atomic mass is 9.63. The molecule has 0 spiro atoms. The second-order valence-corrected chi connectivity index (χ2v) is 10.0. The highest BCUT2D eigenvalue weighted by Crippen LogP contribution is 2.59. The molecular formula is C26H25F5N4O3. The van der Waals surface area contributed by atoms with E-state index < -0.39 is 61.0 Å². The first kappa shape index (κ1) is 26.1. The Morgan fingerprint density at radius 3 is 2.63 bits per heavy atom. The van der Waals surface area contributed by atoms with Gasteiger partial charge in [0.15, 0.2) is 5.82 Å². The summed E-state index contributed by atoms with van der Waals surface area (Å²) >= 11 is 0. The number of fused-ring (bicyclic) bond motifs is 1. The standard InChI is InChI=1S/C26H25F5N4O3/c27-16-4-5-20(33-11-16)35-19-10-15(23(32)37)9-18(25(13-36)6-7-26(30,31)12-25)21(19)22(34-35)14-2-1-3-17(8-14)38-24(28)29/h1-5,8,11,15,18,24,36H,6-7,9-10,12-13H2,(H2,32,37)/t15?,18?,25-/m0/s1. The third-order valence-electron chi connectivity index (χ3n) is 7.65. The van der Waals surface area contributed by atoms with Crippen LogP contribution in [0, 0.1) is 17.2 Å². The molecule has 1 saturated carbocycles. The van der Waals surface area contributed by atoms with Crippen molar-refractivity contribution in [1.29, 1.82) is 0 Å². The molecule has 0 bridgehead atoms. The fraction of sp³-hybridized carbons (Fsp3) is 0.423. The molecule has 3 aromatic rings. The van der Waals surface area contributed by atoms with E-state index in [-0.39, 0.29) is 36.5 Å². The number of ether oxygens (including phenoxy) is 1. The van der Waals surface area contributed by atoms with Crippen LogP contribution in [0.5, 0.6) is 5.75 Å². The first-order chi connectivity index (χ1) is 18.0. The largest absolute Gasteiger partial charge is 0.435 e. The van der Waals surface area contributed by atoms with E-state index in [1.165, 1.54) is 35.0 Å². The summed E-state index contributed by atoms with van der Waals surface area (Å²) in [6.45, 7) is -3.63. The molecule has 2 unspecified atom stereocenters. The molecule has 0 aliphatic heterocycles. The number of carbonyl (C=O) groups is 1. The summed E-state index contributed by atoms with van der Waals surface area (Å²) < 4.78 is 74.5. The van der Waals surface area contributed by atoms with Crippen molar-refractivity contribution in [3.05, 3.63) is 59.7 Å². The Hall–Kier alpha value is -3.54. The molecule has 38 heavy (non-hydrogen) atoms. The zero-order valence-corrected chi connectivity index (χ0v) is 20.1. The van der Waals surface area contributed by atoms with Crippen molar-refractivity contribution >= 4 is 5.91 Å². The number of carbonyl (C=O) groups excluding carboxylic acids is 1. The minimum Gasteiger partial charge on any atom is -0.435 e. The van der Waals surface area contributed by atoms with Gasteiger partial charge in [-0.05, 0) is 43.0 Å². The quantitative estimate of drug-likeness (QED) is 0.430. The Morgan fingerprint density at radius 2 is 2.03 bits per heavy atom. The van der Waals surface area contributed by atoms with Crippen molar-refractivity contribution in [2.45, 2.75) is 50.6 Å². The van der Waals surface area contributed by atoms with Crippen LogP contribution in [0.15, 0.2) is 42.6 Å². The molecule has 2 aliphatic rings. The van der Waals surface area contributed by atoms with Crippen molar-refractivity contribution in [2.24, 2.45) is 17.1 Å². The Balaban J connectivity index is 1.75. The molecule has 12 heteroatoms. The average molecular weight is 537 g/mol. The Labute approximate surface area is 214 Å². The molecule has 2 aromatic heterocycles. The predicted octanol–water partition coefficient (Wildman–Crippen LogP) is 4.60. The van der Waals surface area contributed by atoms with Crippen LogP contribution in [-0.2, 0) is 11.2 Å².